The van der Waals surface area contributed by atoms with Crippen LogP contribution in [0, 0.1) is 6.78 Å². The maximum Gasteiger partial charge on any atom is 0.195 e. The van der Waals surface area contributed by atoms with Crippen LogP contribution in [0.2, 0.25) is 0 Å². The molecule has 0 radical (unpaired) electrons. The van der Waals surface area contributed by atoms with Gasteiger partial charge in [-0.1, -0.05) is 0 Å². The molecule has 0 saturated carbocycles. The minimum atomic E-state index is 0.804. The van der Waals surface area contributed by atoms with E-state index < -0.39 is 0 Å². The molecule has 6 heteroatoms. The molecule has 3 nitrogen and oxygen atoms in total. The molecular weight excluding hydrogens is 426 g/mol. The summed E-state index contributed by atoms with van der Waals surface area (Å²) in [6, 6.07) is 0. The lowest BCUT2D eigenvalue weighted by Crippen LogP contribution is -1.87. The number of nitrogens with zero attached hydrogens (tertiary/aromatic N) is 2. The zero-order valence-electron chi connectivity index (χ0n) is 7.04. The fourth-order valence-electron chi connectivity index (χ4n) is 1.03. The molecule has 0 unspecified atom stereocenters. The van der Waals surface area contributed by atoms with E-state index in [0.29, 0.717) is 0 Å². The zero-order chi connectivity index (χ0) is 9.97. The Hall–Kier alpha value is 0.300. The highest BCUT2D eigenvalue weighted by Crippen LogP contribution is 2.17. The number of aromatic nitrogens is 2. The summed E-state index contributed by atoms with van der Waals surface area (Å²) in [7, 11) is 0. The average molecular weight is 432 g/mol. The predicted molar refractivity (Wildman–Crippen MR) is 71.5 cm³/mol. The van der Waals surface area contributed by atoms with Crippen molar-refractivity contribution in [2.75, 3.05) is 0 Å². The van der Waals surface area contributed by atoms with Crippen molar-refractivity contribution in [2.24, 2.45) is 0 Å². The van der Waals surface area contributed by atoms with E-state index in [9.17, 15) is 0 Å². The van der Waals surface area contributed by atoms with Gasteiger partial charge in [0.2, 0.25) is 0 Å². The monoisotopic (exact) mass is 432 g/mol. The number of halogens is 2. The first-order valence-electron chi connectivity index (χ1n) is 3.94. The molecule has 0 fully saturated rings. The Bertz CT molecular complexity index is 386. The number of aryl methyl sites for hydroxylation is 2. The lowest BCUT2D eigenvalue weighted by atomic mass is 10.3. The molecule has 0 amide bonds. The topological polar surface area (TPSA) is 38.9 Å². The van der Waals surface area contributed by atoms with Crippen LogP contribution in [0.15, 0.2) is 16.8 Å². The highest BCUT2D eigenvalue weighted by Gasteiger charge is 2.04. The number of oxazole rings is 1. The highest BCUT2D eigenvalue weighted by molar-refractivity contribution is 14.1. The van der Waals surface area contributed by atoms with Crippen LogP contribution in [0.3, 0.4) is 0 Å². The summed E-state index contributed by atoms with van der Waals surface area (Å²) in [5.74, 6) is 0.804. The van der Waals surface area contributed by atoms with Crippen LogP contribution >= 0.6 is 56.5 Å². The predicted octanol–water partition coefficient (Wildman–Crippen LogP) is 3.13. The maximum atomic E-state index is 5.37. The van der Waals surface area contributed by atoms with Crippen LogP contribution in [0.4, 0.5) is 0 Å². The van der Waals surface area contributed by atoms with Gasteiger partial charge < -0.3 is 4.42 Å². The molecule has 0 bridgehead atoms. The summed E-state index contributed by atoms with van der Waals surface area (Å²) >= 11 is 6.06. The van der Waals surface area contributed by atoms with E-state index >= 15 is 0 Å². The molecule has 14 heavy (non-hydrogen) atoms. The minimum absolute atomic E-state index is 0.804. The van der Waals surface area contributed by atoms with Crippen molar-refractivity contribution < 1.29 is 4.42 Å². The van der Waals surface area contributed by atoms with E-state index in [1.54, 1.807) is 17.5 Å². The van der Waals surface area contributed by atoms with Gasteiger partial charge in [-0.25, -0.2) is 9.97 Å². The number of thiazole rings is 1. The number of rotatable bonds is 3. The van der Waals surface area contributed by atoms with Gasteiger partial charge >= 0.3 is 0 Å². The zero-order valence-corrected chi connectivity index (χ0v) is 12.2. The molecule has 0 spiro atoms. The molecule has 0 saturated heterocycles. The lowest BCUT2D eigenvalue weighted by Gasteiger charge is -1.91. The van der Waals surface area contributed by atoms with Gasteiger partial charge in [0.05, 0.1) is 6.20 Å². The van der Waals surface area contributed by atoms with Crippen molar-refractivity contribution in [3.8, 4) is 0 Å². The quantitative estimate of drug-likeness (QED) is 0.701. The van der Waals surface area contributed by atoms with Gasteiger partial charge in [-0.3, -0.25) is 0 Å². The SMILES string of the molecule is Ic1cnc(CCc2cnc(I)s2)o1. The molecule has 0 aliphatic heterocycles. The van der Waals surface area contributed by atoms with E-state index in [1.807, 2.05) is 6.20 Å². The summed E-state index contributed by atoms with van der Waals surface area (Å²) < 4.78 is 7.30. The first-order chi connectivity index (χ1) is 6.74. The lowest BCUT2D eigenvalue weighted by molar-refractivity contribution is 0.472. The normalized spacial score (nSPS) is 10.7. The summed E-state index contributed by atoms with van der Waals surface area (Å²) in [6.07, 6.45) is 5.46. The van der Waals surface area contributed by atoms with Crippen LogP contribution in [0.25, 0.3) is 0 Å². The summed E-state index contributed by atoms with van der Waals surface area (Å²) in [5, 5.41) is 0. The third-order valence-corrected chi connectivity index (χ3v) is 3.92. The first-order valence-corrected chi connectivity index (χ1v) is 6.92. The standard InChI is InChI=1S/C8H6I2N2OS/c9-6-4-11-7(13-6)2-1-5-3-12-8(10)14-5/h3-4H,1-2H2. The van der Waals surface area contributed by atoms with E-state index in [-0.39, 0.29) is 0 Å². The summed E-state index contributed by atoms with van der Waals surface area (Å²) in [6.45, 7) is 0. The molecule has 0 aromatic carbocycles. The van der Waals surface area contributed by atoms with Crippen molar-refractivity contribution in [3.05, 3.63) is 29.9 Å². The van der Waals surface area contributed by atoms with Crippen molar-refractivity contribution in [1.82, 2.24) is 9.97 Å². The van der Waals surface area contributed by atoms with E-state index in [2.05, 4.69) is 55.1 Å². The first kappa shape index (κ1) is 10.8. The molecule has 0 aliphatic carbocycles. The molecule has 2 rings (SSSR count). The van der Waals surface area contributed by atoms with Gasteiger partial charge in [-0.2, -0.15) is 0 Å². The second-order valence-electron chi connectivity index (χ2n) is 2.64. The molecular formula is C8H6I2N2OS. The van der Waals surface area contributed by atoms with Crippen LogP contribution < -0.4 is 0 Å². The van der Waals surface area contributed by atoms with Crippen LogP contribution in [-0.2, 0) is 12.8 Å². The van der Waals surface area contributed by atoms with Crippen LogP contribution in [0.1, 0.15) is 10.8 Å². The van der Waals surface area contributed by atoms with E-state index in [1.165, 1.54) is 4.88 Å². The number of hydrogen-bond acceptors (Lipinski definition) is 4. The molecule has 0 N–H and O–H groups in total. The second-order valence-corrected chi connectivity index (χ2v) is 6.57. The molecule has 2 aromatic heterocycles. The minimum Gasteiger partial charge on any atom is -0.435 e. The third-order valence-electron chi connectivity index (χ3n) is 1.64. The smallest absolute Gasteiger partial charge is 0.195 e. The van der Waals surface area contributed by atoms with Gasteiger partial charge in [0.25, 0.3) is 0 Å². The Kier molecular flexibility index (Phi) is 3.77. The van der Waals surface area contributed by atoms with Crippen molar-refractivity contribution in [3.63, 3.8) is 0 Å². The molecule has 2 heterocycles. The maximum absolute atomic E-state index is 5.37. The molecule has 0 atom stereocenters. The van der Waals surface area contributed by atoms with Gasteiger partial charge in [0.15, 0.2) is 12.7 Å². The second kappa shape index (κ2) is 4.88. The van der Waals surface area contributed by atoms with Gasteiger partial charge in [0.1, 0.15) is 0 Å². The Balaban J connectivity index is 1.94. The Morgan fingerprint density at radius 3 is 2.64 bits per heavy atom. The highest BCUT2D eigenvalue weighted by atomic mass is 127. The Labute approximate surface area is 113 Å². The van der Waals surface area contributed by atoms with Gasteiger partial charge in [-0.05, 0) is 29.0 Å². The van der Waals surface area contributed by atoms with Gasteiger partial charge in [0, 0.05) is 40.1 Å². The third kappa shape index (κ3) is 2.89. The van der Waals surface area contributed by atoms with Crippen LogP contribution in [-0.4, -0.2) is 9.97 Å². The Morgan fingerprint density at radius 1 is 1.21 bits per heavy atom. The van der Waals surface area contributed by atoms with E-state index in [0.717, 1.165) is 25.5 Å². The Morgan fingerprint density at radius 2 is 2.07 bits per heavy atom. The fourth-order valence-corrected chi connectivity index (χ4v) is 3.05. The molecule has 0 aliphatic rings. The van der Waals surface area contributed by atoms with Crippen molar-refractivity contribution in [1.29, 1.82) is 0 Å². The molecule has 2 aromatic rings. The van der Waals surface area contributed by atoms with Gasteiger partial charge in [-0.15, -0.1) is 11.3 Å². The summed E-state index contributed by atoms with van der Waals surface area (Å²) in [5.41, 5.74) is 0. The van der Waals surface area contributed by atoms with Crippen molar-refractivity contribution in [2.45, 2.75) is 12.8 Å². The van der Waals surface area contributed by atoms with Crippen molar-refractivity contribution >= 4 is 56.5 Å². The number of hydrogen-bond donors (Lipinski definition) is 0. The largest absolute Gasteiger partial charge is 0.435 e. The average Bonchev–Trinajstić information content (AvgIpc) is 2.72. The fraction of sp³-hybridized carbons (Fsp3) is 0.250. The van der Waals surface area contributed by atoms with E-state index in [4.69, 9.17) is 4.42 Å². The summed E-state index contributed by atoms with van der Waals surface area (Å²) in [4.78, 5) is 9.61. The van der Waals surface area contributed by atoms with Crippen LogP contribution in [0.5, 0.6) is 0 Å². The molecule has 74 valence electrons.